The highest BCUT2D eigenvalue weighted by Crippen LogP contribution is 2.03. The lowest BCUT2D eigenvalue weighted by atomic mass is 10.3. The third-order valence-corrected chi connectivity index (χ3v) is 1.51. The number of hydrogen-bond acceptors (Lipinski definition) is 3. The normalized spacial score (nSPS) is 9.12. The quantitative estimate of drug-likeness (QED) is 0.569. The summed E-state index contributed by atoms with van der Waals surface area (Å²) in [6.07, 6.45) is 1.71. The Morgan fingerprint density at radius 2 is 2.38 bits per heavy atom. The van der Waals surface area contributed by atoms with E-state index >= 15 is 0 Å². The van der Waals surface area contributed by atoms with Crippen molar-refractivity contribution in [3.05, 3.63) is 18.0 Å². The first-order valence-electron chi connectivity index (χ1n) is 2.26. The summed E-state index contributed by atoms with van der Waals surface area (Å²) in [6.45, 7) is 5.49. The van der Waals surface area contributed by atoms with Gasteiger partial charge in [0.15, 0.2) is 0 Å². The molecule has 0 aliphatic carbocycles. The lowest BCUT2D eigenvalue weighted by Crippen LogP contribution is -1.72. The minimum absolute atomic E-state index is 0.898. The van der Waals surface area contributed by atoms with Gasteiger partial charge >= 0.3 is 0 Å². The van der Waals surface area contributed by atoms with Crippen LogP contribution < -0.4 is 0 Å². The largest absolute Gasteiger partial charge is 0.178 e. The van der Waals surface area contributed by atoms with Crippen LogP contribution in [-0.2, 0) is 0 Å². The highest BCUT2D eigenvalue weighted by atomic mass is 32.1. The molecule has 1 aromatic rings. The van der Waals surface area contributed by atoms with Crippen LogP contribution in [0.15, 0.2) is 6.58 Å². The van der Waals surface area contributed by atoms with Crippen molar-refractivity contribution < 1.29 is 0 Å². The van der Waals surface area contributed by atoms with Crippen LogP contribution in [0.2, 0.25) is 0 Å². The first kappa shape index (κ1) is 5.44. The van der Waals surface area contributed by atoms with Crippen molar-refractivity contribution in [1.29, 1.82) is 0 Å². The second kappa shape index (κ2) is 2.05. The van der Waals surface area contributed by atoms with E-state index in [0.717, 1.165) is 11.4 Å². The molecule has 0 saturated carbocycles. The highest BCUT2D eigenvalue weighted by molar-refractivity contribution is 6.99. The zero-order valence-corrected chi connectivity index (χ0v) is 5.40. The van der Waals surface area contributed by atoms with Crippen LogP contribution in [0.3, 0.4) is 0 Å². The summed E-state index contributed by atoms with van der Waals surface area (Å²) in [7, 11) is 0. The molecule has 1 rings (SSSR count). The lowest BCUT2D eigenvalue weighted by Gasteiger charge is -1.78. The number of aryl methyl sites for hydroxylation is 1. The molecule has 0 bridgehead atoms. The fourth-order valence-corrected chi connectivity index (χ4v) is 0.975. The minimum Gasteiger partial charge on any atom is -0.178 e. The maximum absolute atomic E-state index is 3.95. The van der Waals surface area contributed by atoms with Crippen molar-refractivity contribution in [2.24, 2.45) is 0 Å². The van der Waals surface area contributed by atoms with Crippen molar-refractivity contribution in [2.75, 3.05) is 0 Å². The van der Waals surface area contributed by atoms with Gasteiger partial charge in [-0.1, -0.05) is 6.58 Å². The summed E-state index contributed by atoms with van der Waals surface area (Å²) in [5.41, 5.74) is 1.86. The Labute approximate surface area is 52.2 Å². The molecule has 1 heterocycles. The fourth-order valence-electron chi connectivity index (χ4n) is 0.423. The van der Waals surface area contributed by atoms with E-state index in [4.69, 9.17) is 0 Å². The van der Waals surface area contributed by atoms with Crippen LogP contribution in [0.25, 0.3) is 6.08 Å². The van der Waals surface area contributed by atoms with E-state index in [2.05, 4.69) is 15.3 Å². The number of nitrogens with zero attached hydrogens (tertiary/aromatic N) is 2. The minimum atomic E-state index is 0.898. The average Bonchev–Trinajstić information content (AvgIpc) is 2.14. The third-order valence-electron chi connectivity index (χ3n) is 0.881. The Morgan fingerprint density at radius 3 is 2.62 bits per heavy atom. The Morgan fingerprint density at radius 1 is 1.62 bits per heavy atom. The topological polar surface area (TPSA) is 25.8 Å². The Bertz CT molecular complexity index is 192. The molecular formula is C5H6N2S. The van der Waals surface area contributed by atoms with Gasteiger partial charge in [0.25, 0.3) is 0 Å². The van der Waals surface area contributed by atoms with Gasteiger partial charge in [0.05, 0.1) is 23.1 Å². The van der Waals surface area contributed by atoms with Crippen molar-refractivity contribution in [3.63, 3.8) is 0 Å². The number of rotatable bonds is 1. The Balaban J connectivity index is 3.09. The standard InChI is InChI=1S/C5H6N2S/c1-3-5-4(2)6-8-7-5/h3H,1H2,2H3. The molecule has 0 aromatic carbocycles. The molecule has 0 spiro atoms. The second-order valence-corrected chi connectivity index (χ2v) is 1.97. The first-order chi connectivity index (χ1) is 3.84. The van der Waals surface area contributed by atoms with Crippen molar-refractivity contribution in [3.8, 4) is 0 Å². The van der Waals surface area contributed by atoms with Gasteiger partial charge in [-0.2, -0.15) is 8.75 Å². The molecule has 2 nitrogen and oxygen atoms in total. The zero-order chi connectivity index (χ0) is 5.98. The van der Waals surface area contributed by atoms with Crippen LogP contribution in [0.5, 0.6) is 0 Å². The maximum atomic E-state index is 3.95. The summed E-state index contributed by atoms with van der Waals surface area (Å²) in [5, 5.41) is 0. The van der Waals surface area contributed by atoms with Crippen molar-refractivity contribution >= 4 is 17.8 Å². The average molecular weight is 126 g/mol. The third kappa shape index (κ3) is 0.767. The summed E-state index contributed by atoms with van der Waals surface area (Å²) in [4.78, 5) is 0. The van der Waals surface area contributed by atoms with E-state index in [-0.39, 0.29) is 0 Å². The molecule has 42 valence electrons. The Kier molecular flexibility index (Phi) is 1.39. The first-order valence-corrected chi connectivity index (χ1v) is 2.99. The molecular weight excluding hydrogens is 120 g/mol. The zero-order valence-electron chi connectivity index (χ0n) is 4.59. The lowest BCUT2D eigenvalue weighted by molar-refractivity contribution is 1.30. The number of aromatic nitrogens is 2. The molecule has 0 aliphatic rings. The van der Waals surface area contributed by atoms with E-state index in [1.54, 1.807) is 6.08 Å². The van der Waals surface area contributed by atoms with Gasteiger partial charge in [0.2, 0.25) is 0 Å². The molecule has 0 radical (unpaired) electrons. The van der Waals surface area contributed by atoms with Crippen LogP contribution in [-0.4, -0.2) is 8.75 Å². The fraction of sp³-hybridized carbons (Fsp3) is 0.200. The van der Waals surface area contributed by atoms with E-state index in [0.29, 0.717) is 0 Å². The van der Waals surface area contributed by atoms with E-state index in [9.17, 15) is 0 Å². The van der Waals surface area contributed by atoms with Gasteiger partial charge in [-0.05, 0) is 13.0 Å². The molecule has 0 N–H and O–H groups in total. The van der Waals surface area contributed by atoms with E-state index in [1.807, 2.05) is 6.92 Å². The highest BCUT2D eigenvalue weighted by Gasteiger charge is 1.94. The summed E-state index contributed by atoms with van der Waals surface area (Å²) < 4.78 is 7.89. The van der Waals surface area contributed by atoms with E-state index in [1.165, 1.54) is 11.7 Å². The molecule has 0 aliphatic heterocycles. The van der Waals surface area contributed by atoms with Crippen LogP contribution in [0.4, 0.5) is 0 Å². The van der Waals surface area contributed by atoms with Crippen LogP contribution in [0, 0.1) is 6.92 Å². The molecule has 3 heteroatoms. The predicted octanol–water partition coefficient (Wildman–Crippen LogP) is 1.49. The molecule has 0 saturated heterocycles. The molecule has 1 aromatic heterocycles. The van der Waals surface area contributed by atoms with Gasteiger partial charge < -0.3 is 0 Å². The van der Waals surface area contributed by atoms with E-state index < -0.39 is 0 Å². The van der Waals surface area contributed by atoms with Gasteiger partial charge in [0, 0.05) is 0 Å². The van der Waals surface area contributed by atoms with Crippen LogP contribution in [0.1, 0.15) is 11.4 Å². The van der Waals surface area contributed by atoms with Gasteiger partial charge in [-0.3, -0.25) is 0 Å². The van der Waals surface area contributed by atoms with Crippen molar-refractivity contribution in [2.45, 2.75) is 6.92 Å². The molecule has 0 unspecified atom stereocenters. The summed E-state index contributed by atoms with van der Waals surface area (Å²) in [6, 6.07) is 0. The Hall–Kier alpha value is -0.700. The monoisotopic (exact) mass is 126 g/mol. The van der Waals surface area contributed by atoms with Gasteiger partial charge in [-0.15, -0.1) is 0 Å². The smallest absolute Gasteiger partial charge is 0.0992 e. The second-order valence-electron chi connectivity index (χ2n) is 1.44. The SMILES string of the molecule is C=Cc1nsnc1C. The molecule has 8 heavy (non-hydrogen) atoms. The summed E-state index contributed by atoms with van der Waals surface area (Å²) >= 11 is 1.22. The van der Waals surface area contributed by atoms with Gasteiger partial charge in [-0.25, -0.2) is 0 Å². The maximum Gasteiger partial charge on any atom is 0.0992 e. The molecule has 0 amide bonds. The van der Waals surface area contributed by atoms with Crippen molar-refractivity contribution in [1.82, 2.24) is 8.75 Å². The number of hydrogen-bond donors (Lipinski definition) is 0. The molecule has 0 fully saturated rings. The predicted molar refractivity (Wildman–Crippen MR) is 34.7 cm³/mol. The molecule has 0 atom stereocenters. The summed E-state index contributed by atoms with van der Waals surface area (Å²) in [5.74, 6) is 0. The van der Waals surface area contributed by atoms with Gasteiger partial charge in [0.1, 0.15) is 0 Å². The van der Waals surface area contributed by atoms with Crippen LogP contribution >= 0.6 is 11.7 Å².